The average Bonchev–Trinajstić information content (AvgIpc) is 2.13. The van der Waals surface area contributed by atoms with Crippen molar-refractivity contribution in [2.24, 2.45) is 0 Å². The van der Waals surface area contributed by atoms with Gasteiger partial charge in [-0.2, -0.15) is 0 Å². The van der Waals surface area contributed by atoms with Crippen LogP contribution in [0.3, 0.4) is 0 Å². The fourth-order valence-electron chi connectivity index (χ4n) is 0.996. The molecule has 0 aromatic heterocycles. The van der Waals surface area contributed by atoms with E-state index in [-0.39, 0.29) is 0 Å². The summed E-state index contributed by atoms with van der Waals surface area (Å²) in [7, 11) is 0. The second-order valence-corrected chi connectivity index (χ2v) is 3.31. The van der Waals surface area contributed by atoms with E-state index in [4.69, 9.17) is 0 Å². The highest BCUT2D eigenvalue weighted by atomic mass is 14.0. The number of aryl methyl sites for hydroxylation is 1. The van der Waals surface area contributed by atoms with Gasteiger partial charge in [-0.05, 0) is 31.9 Å². The van der Waals surface area contributed by atoms with Gasteiger partial charge in [0.25, 0.3) is 0 Å². The standard InChI is InChI=1S/C11H12.C3H8/c1-4-5-11-8-9(2)6-7-10(11)3;1-3-2/h4-8H,1,3H2,2H3;3H2,1-2H3/b5-4-;. The molecule has 0 N–H and O–H groups in total. The SMILES string of the molecule is CCC.[CH2]/C=C\c1cc(C)ccc1[CH2]. The van der Waals surface area contributed by atoms with Gasteiger partial charge in [0.1, 0.15) is 0 Å². The van der Waals surface area contributed by atoms with Crippen molar-refractivity contribution in [3.8, 4) is 0 Å². The Morgan fingerprint density at radius 2 is 1.86 bits per heavy atom. The van der Waals surface area contributed by atoms with Crippen molar-refractivity contribution in [3.05, 3.63) is 54.8 Å². The molecule has 0 heteroatoms. The lowest BCUT2D eigenvalue weighted by Crippen LogP contribution is -1.81. The zero-order valence-electron chi connectivity index (χ0n) is 9.51. The van der Waals surface area contributed by atoms with Crippen LogP contribution in [0.4, 0.5) is 0 Å². The molecule has 76 valence electrons. The van der Waals surface area contributed by atoms with Crippen LogP contribution in [-0.2, 0) is 0 Å². The third-order valence-electron chi connectivity index (χ3n) is 1.60. The summed E-state index contributed by atoms with van der Waals surface area (Å²) in [6.45, 7) is 13.9. The minimum Gasteiger partial charge on any atom is -0.0836 e. The van der Waals surface area contributed by atoms with Gasteiger partial charge in [0.05, 0.1) is 0 Å². The van der Waals surface area contributed by atoms with Gasteiger partial charge in [0.2, 0.25) is 0 Å². The van der Waals surface area contributed by atoms with Crippen molar-refractivity contribution in [2.45, 2.75) is 27.2 Å². The minimum atomic E-state index is 1.05. The summed E-state index contributed by atoms with van der Waals surface area (Å²) < 4.78 is 0. The van der Waals surface area contributed by atoms with Crippen LogP contribution < -0.4 is 0 Å². The zero-order valence-corrected chi connectivity index (χ0v) is 9.51. The highest BCUT2D eigenvalue weighted by Gasteiger charge is 1.92. The molecule has 0 aliphatic carbocycles. The van der Waals surface area contributed by atoms with E-state index in [1.807, 2.05) is 12.1 Å². The van der Waals surface area contributed by atoms with E-state index in [0.29, 0.717) is 0 Å². The van der Waals surface area contributed by atoms with Crippen molar-refractivity contribution < 1.29 is 0 Å². The predicted molar refractivity (Wildman–Crippen MR) is 66.0 cm³/mol. The minimum absolute atomic E-state index is 1.05. The molecule has 1 rings (SSSR count). The third kappa shape index (κ3) is 4.86. The number of allylic oxidation sites excluding steroid dienone is 1. The quantitative estimate of drug-likeness (QED) is 0.611. The van der Waals surface area contributed by atoms with Crippen LogP contribution in [0, 0.1) is 20.8 Å². The molecule has 0 amide bonds. The van der Waals surface area contributed by atoms with Crippen molar-refractivity contribution >= 4 is 6.08 Å². The molecule has 0 saturated heterocycles. The Labute approximate surface area is 88.7 Å². The van der Waals surface area contributed by atoms with Gasteiger partial charge < -0.3 is 0 Å². The lowest BCUT2D eigenvalue weighted by molar-refractivity contribution is 1.09. The summed E-state index contributed by atoms with van der Waals surface area (Å²) in [4.78, 5) is 0. The molecule has 0 saturated carbocycles. The van der Waals surface area contributed by atoms with Gasteiger partial charge in [0.15, 0.2) is 0 Å². The van der Waals surface area contributed by atoms with Crippen molar-refractivity contribution in [1.82, 2.24) is 0 Å². The molecule has 0 atom stereocenters. The first kappa shape index (κ1) is 13.0. The first-order valence-corrected chi connectivity index (χ1v) is 5.04. The lowest BCUT2D eigenvalue weighted by atomic mass is 10.1. The first-order valence-electron chi connectivity index (χ1n) is 5.04. The smallest absolute Gasteiger partial charge is 0.0225 e. The Morgan fingerprint density at radius 3 is 2.36 bits per heavy atom. The van der Waals surface area contributed by atoms with E-state index >= 15 is 0 Å². The van der Waals surface area contributed by atoms with Crippen LogP contribution in [0.25, 0.3) is 6.08 Å². The third-order valence-corrected chi connectivity index (χ3v) is 1.60. The average molecular weight is 188 g/mol. The molecule has 14 heavy (non-hydrogen) atoms. The van der Waals surface area contributed by atoms with Gasteiger partial charge in [-0.3, -0.25) is 0 Å². The molecule has 0 aliphatic heterocycles. The second-order valence-electron chi connectivity index (χ2n) is 3.31. The fourth-order valence-corrected chi connectivity index (χ4v) is 0.996. The van der Waals surface area contributed by atoms with E-state index in [2.05, 4.69) is 46.8 Å². The summed E-state index contributed by atoms with van der Waals surface area (Å²) >= 11 is 0. The molecule has 0 bridgehead atoms. The van der Waals surface area contributed by atoms with Crippen molar-refractivity contribution in [2.75, 3.05) is 0 Å². The van der Waals surface area contributed by atoms with Gasteiger partial charge in [0, 0.05) is 0 Å². The Bertz CT molecular complexity index is 282. The summed E-state index contributed by atoms with van der Waals surface area (Å²) in [5.74, 6) is 0. The first-order chi connectivity index (χ1) is 6.65. The van der Waals surface area contributed by atoms with Crippen LogP contribution in [0.2, 0.25) is 0 Å². The lowest BCUT2D eigenvalue weighted by Gasteiger charge is -2.00. The normalized spacial score (nSPS) is 9.79. The highest BCUT2D eigenvalue weighted by Crippen LogP contribution is 2.11. The molecule has 0 heterocycles. The Hall–Kier alpha value is -1.04. The molecular weight excluding hydrogens is 168 g/mol. The maximum Gasteiger partial charge on any atom is -0.0225 e. The second kappa shape index (κ2) is 7.37. The Balaban J connectivity index is 0.000000500. The van der Waals surface area contributed by atoms with E-state index in [1.165, 1.54) is 12.0 Å². The summed E-state index contributed by atoms with van der Waals surface area (Å²) in [6.07, 6.45) is 5.00. The van der Waals surface area contributed by atoms with Crippen LogP contribution >= 0.6 is 0 Å². The fraction of sp³-hybridized carbons (Fsp3) is 0.286. The predicted octanol–water partition coefficient (Wildman–Crippen LogP) is 4.44. The van der Waals surface area contributed by atoms with Gasteiger partial charge >= 0.3 is 0 Å². The van der Waals surface area contributed by atoms with Crippen LogP contribution in [0.1, 0.15) is 37.0 Å². The van der Waals surface area contributed by atoms with E-state index in [9.17, 15) is 0 Å². The molecule has 0 aliphatic rings. The maximum atomic E-state index is 3.90. The maximum absolute atomic E-state index is 3.90. The Kier molecular flexibility index (Phi) is 6.82. The molecule has 0 nitrogen and oxygen atoms in total. The monoisotopic (exact) mass is 188 g/mol. The molecule has 1 aromatic rings. The topological polar surface area (TPSA) is 0 Å². The van der Waals surface area contributed by atoms with Crippen LogP contribution in [0.5, 0.6) is 0 Å². The summed E-state index contributed by atoms with van der Waals surface area (Å²) in [6, 6.07) is 6.18. The van der Waals surface area contributed by atoms with E-state index in [1.54, 1.807) is 6.08 Å². The Morgan fingerprint density at radius 1 is 1.29 bits per heavy atom. The molecule has 0 fully saturated rings. The largest absolute Gasteiger partial charge is 0.0836 e. The van der Waals surface area contributed by atoms with Crippen molar-refractivity contribution in [1.29, 1.82) is 0 Å². The molecule has 2 radical (unpaired) electrons. The van der Waals surface area contributed by atoms with Gasteiger partial charge in [-0.25, -0.2) is 0 Å². The van der Waals surface area contributed by atoms with Crippen LogP contribution in [-0.4, -0.2) is 0 Å². The zero-order chi connectivity index (χ0) is 11.0. The number of rotatable bonds is 1. The van der Waals surface area contributed by atoms with E-state index in [0.717, 1.165) is 11.1 Å². The number of hydrogen-bond donors (Lipinski definition) is 0. The molecular formula is C14H20. The summed E-state index contributed by atoms with van der Waals surface area (Å²) in [5.41, 5.74) is 3.46. The van der Waals surface area contributed by atoms with Gasteiger partial charge in [-0.1, -0.05) is 56.2 Å². The van der Waals surface area contributed by atoms with Crippen molar-refractivity contribution in [3.63, 3.8) is 0 Å². The molecule has 0 unspecified atom stereocenters. The molecule has 0 spiro atoms. The van der Waals surface area contributed by atoms with Crippen LogP contribution in [0.15, 0.2) is 24.3 Å². The highest BCUT2D eigenvalue weighted by molar-refractivity contribution is 5.56. The number of benzene rings is 1. The number of hydrogen-bond acceptors (Lipinski definition) is 0. The molecule has 1 aromatic carbocycles. The van der Waals surface area contributed by atoms with Gasteiger partial charge in [-0.15, -0.1) is 0 Å². The van der Waals surface area contributed by atoms with E-state index < -0.39 is 0 Å². The summed E-state index contributed by atoms with van der Waals surface area (Å²) in [5, 5.41) is 0.